The molecule has 3 rings (SSSR count). The Morgan fingerprint density at radius 3 is 2.41 bits per heavy atom. The summed E-state index contributed by atoms with van der Waals surface area (Å²) in [6.45, 7) is 8.30. The van der Waals surface area contributed by atoms with Crippen LogP contribution in [-0.2, 0) is 17.4 Å². The number of aryl methyl sites for hydroxylation is 2. The van der Waals surface area contributed by atoms with Crippen LogP contribution in [-0.4, -0.2) is 66.3 Å². The van der Waals surface area contributed by atoms with Gasteiger partial charge in [-0.2, -0.15) is 13.2 Å². The van der Waals surface area contributed by atoms with Crippen molar-refractivity contribution in [2.75, 3.05) is 50.4 Å². The summed E-state index contributed by atoms with van der Waals surface area (Å²) in [5.74, 6) is 0.0158. The van der Waals surface area contributed by atoms with Crippen LogP contribution in [0.5, 0.6) is 0 Å². The van der Waals surface area contributed by atoms with Crippen LogP contribution >= 0.6 is 11.8 Å². The number of amides is 1. The number of carbonyl (C=O) groups excluding carboxylic acids is 1. The van der Waals surface area contributed by atoms with Crippen LogP contribution in [0.4, 0.5) is 18.9 Å². The van der Waals surface area contributed by atoms with Crippen molar-refractivity contribution in [2.45, 2.75) is 44.4 Å². The summed E-state index contributed by atoms with van der Waals surface area (Å²) in [5, 5.41) is 3.73. The van der Waals surface area contributed by atoms with Gasteiger partial charge in [0, 0.05) is 56.2 Å². The number of benzene rings is 1. The van der Waals surface area contributed by atoms with E-state index in [0.29, 0.717) is 38.2 Å². The first-order valence-electron chi connectivity index (χ1n) is 11.5. The second-order valence-corrected chi connectivity index (χ2v) is 9.21. The first kappa shape index (κ1) is 26.3. The first-order valence-corrected chi connectivity index (χ1v) is 12.7. The molecular weight excluding hydrogens is 463 g/mol. The Labute approximate surface area is 203 Å². The summed E-state index contributed by atoms with van der Waals surface area (Å²) in [6, 6.07) is 5.51. The van der Waals surface area contributed by atoms with Crippen LogP contribution in [0.1, 0.15) is 35.4 Å². The highest BCUT2D eigenvalue weighted by Gasteiger charge is 2.31. The summed E-state index contributed by atoms with van der Waals surface area (Å²) in [5.41, 5.74) is 2.88. The lowest BCUT2D eigenvalue weighted by Crippen LogP contribution is -2.47. The zero-order valence-electron chi connectivity index (χ0n) is 19.9. The number of rotatable bonds is 9. The van der Waals surface area contributed by atoms with Gasteiger partial charge in [0.2, 0.25) is 5.91 Å². The molecule has 2 aromatic rings. The number of anilines is 1. The predicted octanol–water partition coefficient (Wildman–Crippen LogP) is 4.10. The maximum atomic E-state index is 13.0. The molecule has 0 atom stereocenters. The Kier molecular flexibility index (Phi) is 9.18. The molecule has 0 aliphatic carbocycles. The minimum Gasteiger partial charge on any atom is -0.369 e. The Bertz CT molecular complexity index is 954. The van der Waals surface area contributed by atoms with Crippen molar-refractivity contribution in [1.82, 2.24) is 20.2 Å². The van der Waals surface area contributed by atoms with Gasteiger partial charge < -0.3 is 10.2 Å². The van der Waals surface area contributed by atoms with Gasteiger partial charge in [0.05, 0.1) is 5.56 Å². The summed E-state index contributed by atoms with van der Waals surface area (Å²) in [4.78, 5) is 25.4. The third-order valence-electron chi connectivity index (χ3n) is 6.07. The lowest BCUT2D eigenvalue weighted by Gasteiger charge is -2.36. The van der Waals surface area contributed by atoms with Crippen molar-refractivity contribution in [3.05, 3.63) is 46.8 Å². The molecule has 0 spiro atoms. The number of carbonyl (C=O) groups is 1. The maximum absolute atomic E-state index is 13.0. The molecule has 0 saturated carbocycles. The van der Waals surface area contributed by atoms with E-state index in [2.05, 4.69) is 20.2 Å². The van der Waals surface area contributed by atoms with Crippen molar-refractivity contribution in [1.29, 1.82) is 0 Å². The van der Waals surface area contributed by atoms with Crippen LogP contribution in [0.25, 0.3) is 0 Å². The van der Waals surface area contributed by atoms with E-state index in [1.54, 1.807) is 6.07 Å². The molecule has 186 valence electrons. The standard InChI is InChI=1S/C24H32F3N5OS/c1-17-21(18(2)30-23(29-17)34-3)8-9-22(33)28-10-5-11-31-12-14-32(15-13-31)20-7-4-6-19(16-20)24(25,26)27/h4,6-7,16H,5,8-15H2,1-3H3,(H,28,33). The van der Waals surface area contributed by atoms with Gasteiger partial charge in [0.15, 0.2) is 5.16 Å². The molecule has 1 aromatic heterocycles. The minimum atomic E-state index is -4.33. The molecule has 6 nitrogen and oxygen atoms in total. The molecule has 1 amide bonds. The van der Waals surface area contributed by atoms with Crippen molar-refractivity contribution in [3.63, 3.8) is 0 Å². The van der Waals surface area contributed by atoms with Crippen LogP contribution in [0.3, 0.4) is 0 Å². The maximum Gasteiger partial charge on any atom is 0.416 e. The zero-order valence-corrected chi connectivity index (χ0v) is 20.7. The predicted molar refractivity (Wildman–Crippen MR) is 129 cm³/mol. The Hall–Kier alpha value is -2.33. The lowest BCUT2D eigenvalue weighted by molar-refractivity contribution is -0.137. The summed E-state index contributed by atoms with van der Waals surface area (Å²) < 4.78 is 38.9. The van der Waals surface area contributed by atoms with Gasteiger partial charge in [0.25, 0.3) is 0 Å². The van der Waals surface area contributed by atoms with Gasteiger partial charge in [-0.1, -0.05) is 17.8 Å². The van der Waals surface area contributed by atoms with Crippen LogP contribution in [0, 0.1) is 13.8 Å². The fraction of sp³-hybridized carbons (Fsp3) is 0.542. The van der Waals surface area contributed by atoms with Gasteiger partial charge in [-0.15, -0.1) is 0 Å². The smallest absolute Gasteiger partial charge is 0.369 e. The third kappa shape index (κ3) is 7.33. The fourth-order valence-electron chi connectivity index (χ4n) is 4.13. The van der Waals surface area contributed by atoms with E-state index in [0.717, 1.165) is 54.2 Å². The van der Waals surface area contributed by atoms with Crippen molar-refractivity contribution in [2.24, 2.45) is 0 Å². The number of hydrogen-bond donors (Lipinski definition) is 1. The fourth-order valence-corrected chi connectivity index (χ4v) is 4.58. The molecule has 1 fully saturated rings. The number of alkyl halides is 3. The Morgan fingerprint density at radius 1 is 1.12 bits per heavy atom. The van der Waals surface area contributed by atoms with E-state index in [4.69, 9.17) is 0 Å². The number of nitrogens with one attached hydrogen (secondary N) is 1. The average Bonchev–Trinajstić information content (AvgIpc) is 2.81. The Morgan fingerprint density at radius 2 is 1.79 bits per heavy atom. The lowest BCUT2D eigenvalue weighted by atomic mass is 10.1. The number of thioether (sulfide) groups is 1. The number of aromatic nitrogens is 2. The average molecular weight is 496 g/mol. The summed E-state index contributed by atoms with van der Waals surface area (Å²) in [7, 11) is 0. The highest BCUT2D eigenvalue weighted by atomic mass is 32.2. The number of piperazine rings is 1. The third-order valence-corrected chi connectivity index (χ3v) is 6.62. The van der Waals surface area contributed by atoms with Gasteiger partial charge in [0.1, 0.15) is 0 Å². The number of nitrogens with zero attached hydrogens (tertiary/aromatic N) is 4. The monoisotopic (exact) mass is 495 g/mol. The topological polar surface area (TPSA) is 61.4 Å². The summed E-state index contributed by atoms with van der Waals surface area (Å²) in [6.07, 6.45) is -0.530. The molecule has 1 N–H and O–H groups in total. The van der Waals surface area contributed by atoms with Crippen molar-refractivity contribution in [3.8, 4) is 0 Å². The second kappa shape index (κ2) is 11.9. The van der Waals surface area contributed by atoms with Gasteiger partial charge in [-0.25, -0.2) is 9.97 Å². The molecule has 1 aromatic carbocycles. The van der Waals surface area contributed by atoms with E-state index in [1.807, 2.05) is 25.0 Å². The SMILES string of the molecule is CSc1nc(C)c(CCC(=O)NCCCN2CCN(c3cccc(C(F)(F)F)c3)CC2)c(C)n1. The molecule has 2 heterocycles. The van der Waals surface area contributed by atoms with Gasteiger partial charge in [-0.3, -0.25) is 9.69 Å². The van der Waals surface area contributed by atoms with Gasteiger partial charge in [-0.05, 0) is 63.3 Å². The quantitative estimate of drug-likeness (QED) is 0.321. The van der Waals surface area contributed by atoms with E-state index < -0.39 is 11.7 Å². The van der Waals surface area contributed by atoms with Crippen LogP contribution < -0.4 is 10.2 Å². The summed E-state index contributed by atoms with van der Waals surface area (Å²) >= 11 is 1.51. The van der Waals surface area contributed by atoms with Crippen molar-refractivity contribution < 1.29 is 18.0 Å². The molecule has 10 heteroatoms. The number of hydrogen-bond acceptors (Lipinski definition) is 6. The van der Waals surface area contributed by atoms with Crippen LogP contribution in [0.2, 0.25) is 0 Å². The molecule has 1 aliphatic heterocycles. The van der Waals surface area contributed by atoms with E-state index in [9.17, 15) is 18.0 Å². The Balaban J connectivity index is 1.35. The first-order chi connectivity index (χ1) is 16.2. The molecule has 1 aliphatic rings. The second-order valence-electron chi connectivity index (χ2n) is 8.44. The normalized spacial score (nSPS) is 14.9. The minimum absolute atomic E-state index is 0.0158. The molecule has 0 radical (unpaired) electrons. The van der Waals surface area contributed by atoms with Crippen LogP contribution in [0.15, 0.2) is 29.4 Å². The van der Waals surface area contributed by atoms with Gasteiger partial charge >= 0.3 is 6.18 Å². The largest absolute Gasteiger partial charge is 0.416 e. The number of halogens is 3. The molecule has 0 bridgehead atoms. The van der Waals surface area contributed by atoms with Crippen molar-refractivity contribution >= 4 is 23.4 Å². The highest BCUT2D eigenvalue weighted by Crippen LogP contribution is 2.31. The highest BCUT2D eigenvalue weighted by molar-refractivity contribution is 7.98. The zero-order chi connectivity index (χ0) is 24.7. The van der Waals surface area contributed by atoms with E-state index in [1.165, 1.54) is 23.9 Å². The van der Waals surface area contributed by atoms with E-state index >= 15 is 0 Å². The molecule has 0 unspecified atom stereocenters. The molecular formula is C24H32F3N5OS. The molecule has 1 saturated heterocycles. The van der Waals surface area contributed by atoms with E-state index in [-0.39, 0.29) is 5.91 Å². The molecule has 34 heavy (non-hydrogen) atoms.